The van der Waals surface area contributed by atoms with Gasteiger partial charge in [0.05, 0.1) is 24.7 Å². The third kappa shape index (κ3) is 5.06. The number of ether oxygens (including phenoxy) is 2. The maximum Gasteiger partial charge on any atom is 0.319 e. The molecule has 18 heavy (non-hydrogen) atoms. The normalized spacial score (nSPS) is 10.2. The minimum absolute atomic E-state index is 0.214. The third-order valence-electron chi connectivity index (χ3n) is 2.38. The molecule has 1 rings (SSSR count). The molecule has 1 N–H and O–H groups in total. The first-order chi connectivity index (χ1) is 8.67. The van der Waals surface area contributed by atoms with Crippen LogP contribution in [0.25, 0.3) is 0 Å². The fourth-order valence-corrected chi connectivity index (χ4v) is 2.09. The Bertz CT molecular complexity index is 396. The molecule has 0 saturated carbocycles. The van der Waals surface area contributed by atoms with Crippen LogP contribution in [0.4, 0.5) is 0 Å². The van der Waals surface area contributed by atoms with Gasteiger partial charge in [-0.15, -0.1) is 0 Å². The van der Waals surface area contributed by atoms with Crippen LogP contribution in [-0.2, 0) is 16.0 Å². The van der Waals surface area contributed by atoms with Crippen LogP contribution in [0.15, 0.2) is 22.7 Å². The second-order valence-corrected chi connectivity index (χ2v) is 4.56. The van der Waals surface area contributed by atoms with Gasteiger partial charge in [-0.05, 0) is 53.5 Å². The Morgan fingerprint density at radius 3 is 2.83 bits per heavy atom. The predicted octanol–water partition coefficient (Wildman–Crippen LogP) is 2.15. The molecule has 0 amide bonds. The minimum Gasteiger partial charge on any atom is -0.496 e. The number of halogens is 1. The van der Waals surface area contributed by atoms with Gasteiger partial charge in [0.2, 0.25) is 0 Å². The molecular formula is C13H18BrNO3. The van der Waals surface area contributed by atoms with Crippen molar-refractivity contribution in [1.29, 1.82) is 0 Å². The van der Waals surface area contributed by atoms with E-state index >= 15 is 0 Å². The quantitative estimate of drug-likeness (QED) is 0.618. The highest BCUT2D eigenvalue weighted by Gasteiger charge is 2.03. The number of hydrogen-bond acceptors (Lipinski definition) is 4. The van der Waals surface area contributed by atoms with E-state index in [-0.39, 0.29) is 12.5 Å². The molecular weight excluding hydrogens is 298 g/mol. The lowest BCUT2D eigenvalue weighted by Gasteiger charge is -2.07. The smallest absolute Gasteiger partial charge is 0.319 e. The maximum absolute atomic E-state index is 11.1. The molecule has 5 heteroatoms. The van der Waals surface area contributed by atoms with Crippen molar-refractivity contribution in [2.75, 3.05) is 26.8 Å². The average molecular weight is 316 g/mol. The summed E-state index contributed by atoms with van der Waals surface area (Å²) in [6.45, 7) is 3.21. The Hall–Kier alpha value is -1.07. The van der Waals surface area contributed by atoms with Crippen LogP contribution in [0, 0.1) is 0 Å². The van der Waals surface area contributed by atoms with Gasteiger partial charge in [0, 0.05) is 0 Å². The minimum atomic E-state index is -0.214. The first kappa shape index (κ1) is 15.0. The van der Waals surface area contributed by atoms with Gasteiger partial charge >= 0.3 is 5.97 Å². The van der Waals surface area contributed by atoms with Crippen LogP contribution in [0.3, 0.4) is 0 Å². The van der Waals surface area contributed by atoms with Gasteiger partial charge in [0.15, 0.2) is 0 Å². The fraction of sp³-hybridized carbons (Fsp3) is 0.462. The van der Waals surface area contributed by atoms with Crippen molar-refractivity contribution in [1.82, 2.24) is 5.32 Å². The van der Waals surface area contributed by atoms with Crippen molar-refractivity contribution in [2.45, 2.75) is 13.3 Å². The molecule has 0 aromatic heterocycles. The van der Waals surface area contributed by atoms with E-state index < -0.39 is 0 Å². The van der Waals surface area contributed by atoms with E-state index in [0.29, 0.717) is 6.61 Å². The molecule has 0 heterocycles. The summed E-state index contributed by atoms with van der Waals surface area (Å²) in [6, 6.07) is 5.95. The summed E-state index contributed by atoms with van der Waals surface area (Å²) >= 11 is 3.44. The van der Waals surface area contributed by atoms with Gasteiger partial charge in [-0.25, -0.2) is 0 Å². The van der Waals surface area contributed by atoms with Crippen LogP contribution < -0.4 is 10.1 Å². The SMILES string of the molecule is CCOC(=O)CNCCc1ccc(OC)c(Br)c1. The molecule has 0 bridgehead atoms. The monoisotopic (exact) mass is 315 g/mol. The van der Waals surface area contributed by atoms with Crippen molar-refractivity contribution < 1.29 is 14.3 Å². The van der Waals surface area contributed by atoms with E-state index in [1.807, 2.05) is 18.2 Å². The first-order valence-corrected chi connectivity index (χ1v) is 6.65. The number of benzene rings is 1. The lowest BCUT2D eigenvalue weighted by atomic mass is 10.1. The van der Waals surface area contributed by atoms with E-state index in [4.69, 9.17) is 9.47 Å². The number of nitrogens with one attached hydrogen (secondary N) is 1. The molecule has 0 radical (unpaired) electrons. The van der Waals surface area contributed by atoms with Gasteiger partial charge in [-0.3, -0.25) is 4.79 Å². The summed E-state index contributed by atoms with van der Waals surface area (Å²) in [6.07, 6.45) is 0.849. The fourth-order valence-electron chi connectivity index (χ4n) is 1.50. The van der Waals surface area contributed by atoms with E-state index in [9.17, 15) is 4.79 Å². The molecule has 0 spiro atoms. The zero-order valence-corrected chi connectivity index (χ0v) is 12.2. The molecule has 0 unspecified atom stereocenters. The van der Waals surface area contributed by atoms with Crippen molar-refractivity contribution >= 4 is 21.9 Å². The van der Waals surface area contributed by atoms with Gasteiger partial charge < -0.3 is 14.8 Å². The molecule has 0 fully saturated rings. The summed E-state index contributed by atoms with van der Waals surface area (Å²) in [4.78, 5) is 11.1. The summed E-state index contributed by atoms with van der Waals surface area (Å²) in [5.74, 6) is 0.603. The summed E-state index contributed by atoms with van der Waals surface area (Å²) in [5, 5.41) is 3.05. The van der Waals surface area contributed by atoms with E-state index in [1.165, 1.54) is 5.56 Å². The van der Waals surface area contributed by atoms with Crippen molar-refractivity contribution in [2.24, 2.45) is 0 Å². The van der Waals surface area contributed by atoms with Crippen LogP contribution in [0.5, 0.6) is 5.75 Å². The molecule has 4 nitrogen and oxygen atoms in total. The van der Waals surface area contributed by atoms with Crippen LogP contribution in [0.1, 0.15) is 12.5 Å². The van der Waals surface area contributed by atoms with Gasteiger partial charge in [0.25, 0.3) is 0 Å². The summed E-state index contributed by atoms with van der Waals surface area (Å²) in [7, 11) is 1.64. The van der Waals surface area contributed by atoms with Gasteiger partial charge in [0.1, 0.15) is 5.75 Å². The van der Waals surface area contributed by atoms with E-state index in [1.54, 1.807) is 14.0 Å². The Morgan fingerprint density at radius 2 is 2.22 bits per heavy atom. The molecule has 1 aromatic rings. The van der Waals surface area contributed by atoms with E-state index in [2.05, 4.69) is 21.2 Å². The highest BCUT2D eigenvalue weighted by molar-refractivity contribution is 9.10. The second-order valence-electron chi connectivity index (χ2n) is 3.70. The topological polar surface area (TPSA) is 47.6 Å². The zero-order chi connectivity index (χ0) is 13.4. The van der Waals surface area contributed by atoms with Gasteiger partial charge in [-0.1, -0.05) is 6.07 Å². The highest BCUT2D eigenvalue weighted by atomic mass is 79.9. The van der Waals surface area contributed by atoms with Crippen molar-refractivity contribution in [3.8, 4) is 5.75 Å². The molecule has 100 valence electrons. The zero-order valence-electron chi connectivity index (χ0n) is 10.7. The Labute approximate surface area is 116 Å². The number of carbonyl (C=O) groups excluding carboxylic acids is 1. The highest BCUT2D eigenvalue weighted by Crippen LogP contribution is 2.25. The average Bonchev–Trinajstić information content (AvgIpc) is 2.35. The van der Waals surface area contributed by atoms with Gasteiger partial charge in [-0.2, -0.15) is 0 Å². The standard InChI is InChI=1S/C13H18BrNO3/c1-3-18-13(16)9-15-7-6-10-4-5-12(17-2)11(14)8-10/h4-5,8,15H,3,6-7,9H2,1-2H3. The lowest BCUT2D eigenvalue weighted by Crippen LogP contribution is -2.26. The van der Waals surface area contributed by atoms with Crippen molar-refractivity contribution in [3.05, 3.63) is 28.2 Å². The third-order valence-corrected chi connectivity index (χ3v) is 3.00. The molecule has 0 aliphatic carbocycles. The number of hydrogen-bond donors (Lipinski definition) is 1. The number of rotatable bonds is 7. The number of carbonyl (C=O) groups is 1. The molecule has 1 aromatic carbocycles. The first-order valence-electron chi connectivity index (χ1n) is 5.86. The molecule has 0 atom stereocenters. The summed E-state index contributed by atoms with van der Waals surface area (Å²) in [5.41, 5.74) is 1.18. The predicted molar refractivity (Wildman–Crippen MR) is 73.9 cm³/mol. The van der Waals surface area contributed by atoms with Crippen LogP contribution >= 0.6 is 15.9 Å². The molecule has 0 saturated heterocycles. The second kappa shape index (κ2) is 8.11. The van der Waals surface area contributed by atoms with E-state index in [0.717, 1.165) is 23.2 Å². The molecule has 0 aliphatic rings. The van der Waals surface area contributed by atoms with Crippen LogP contribution in [-0.4, -0.2) is 32.8 Å². The number of esters is 1. The van der Waals surface area contributed by atoms with Crippen molar-refractivity contribution in [3.63, 3.8) is 0 Å². The Balaban J connectivity index is 2.31. The summed E-state index contributed by atoms with van der Waals surface area (Å²) < 4.78 is 10.9. The number of methoxy groups -OCH3 is 1. The molecule has 0 aliphatic heterocycles. The lowest BCUT2D eigenvalue weighted by molar-refractivity contribution is -0.141. The Morgan fingerprint density at radius 1 is 1.44 bits per heavy atom. The largest absolute Gasteiger partial charge is 0.496 e. The van der Waals surface area contributed by atoms with Crippen LogP contribution in [0.2, 0.25) is 0 Å². The maximum atomic E-state index is 11.1. The Kier molecular flexibility index (Phi) is 6.75.